The van der Waals surface area contributed by atoms with Gasteiger partial charge in [-0.05, 0) is 34.1 Å². The molecule has 5 nitrogen and oxygen atoms in total. The number of nitrogens with one attached hydrogen (secondary N) is 1. The number of benzene rings is 1. The number of hydrogen-bond acceptors (Lipinski definition) is 5. The van der Waals surface area contributed by atoms with E-state index < -0.39 is 10.0 Å². The Balaban J connectivity index is 2.28. The van der Waals surface area contributed by atoms with E-state index in [1.807, 2.05) is 0 Å². The molecule has 0 radical (unpaired) electrons. The summed E-state index contributed by atoms with van der Waals surface area (Å²) in [5.41, 5.74) is 5.92. The van der Waals surface area contributed by atoms with Gasteiger partial charge in [0.25, 0.3) is 10.0 Å². The molecule has 0 aliphatic rings. The van der Waals surface area contributed by atoms with Crippen LogP contribution in [0.1, 0.15) is 4.88 Å². The second kappa shape index (κ2) is 6.13. The summed E-state index contributed by atoms with van der Waals surface area (Å²) in [5.74, 6) is 0.554. The SMILES string of the molecule is COc1cc(NS(=O)(=O)c2csc(CN)c2)ccc1Br. The lowest BCUT2D eigenvalue weighted by Gasteiger charge is -2.09. The number of ether oxygens (including phenoxy) is 1. The van der Waals surface area contributed by atoms with Crippen LogP contribution in [-0.4, -0.2) is 15.5 Å². The van der Waals surface area contributed by atoms with Gasteiger partial charge in [-0.3, -0.25) is 4.72 Å². The molecule has 0 amide bonds. The molecular weight excluding hydrogens is 364 g/mol. The summed E-state index contributed by atoms with van der Waals surface area (Å²) in [7, 11) is -2.09. The molecular formula is C12H13BrN2O3S2. The van der Waals surface area contributed by atoms with Gasteiger partial charge in [-0.25, -0.2) is 8.42 Å². The van der Waals surface area contributed by atoms with Crippen LogP contribution in [0.25, 0.3) is 0 Å². The highest BCUT2D eigenvalue weighted by Gasteiger charge is 2.16. The van der Waals surface area contributed by atoms with Gasteiger partial charge in [-0.2, -0.15) is 0 Å². The third-order valence-corrected chi connectivity index (χ3v) is 5.67. The average Bonchev–Trinajstić information content (AvgIpc) is 2.90. The summed E-state index contributed by atoms with van der Waals surface area (Å²) in [6, 6.07) is 6.55. The Bertz CT molecular complexity index is 713. The Hall–Kier alpha value is -1.09. The van der Waals surface area contributed by atoms with Crippen LogP contribution in [0.3, 0.4) is 0 Å². The molecule has 8 heteroatoms. The number of halogens is 1. The summed E-state index contributed by atoms with van der Waals surface area (Å²) < 4.78 is 32.8. The number of anilines is 1. The third-order valence-electron chi connectivity index (χ3n) is 2.54. The lowest BCUT2D eigenvalue weighted by atomic mass is 10.3. The maximum atomic E-state index is 12.2. The molecule has 0 bridgehead atoms. The van der Waals surface area contributed by atoms with Crippen molar-refractivity contribution in [1.29, 1.82) is 0 Å². The van der Waals surface area contributed by atoms with Crippen molar-refractivity contribution < 1.29 is 13.2 Å². The van der Waals surface area contributed by atoms with Gasteiger partial charge in [0.05, 0.1) is 22.2 Å². The topological polar surface area (TPSA) is 81.4 Å². The third kappa shape index (κ3) is 3.32. The highest BCUT2D eigenvalue weighted by atomic mass is 79.9. The van der Waals surface area contributed by atoms with Crippen LogP contribution in [0.15, 0.2) is 39.0 Å². The average molecular weight is 377 g/mol. The molecule has 1 aromatic carbocycles. The molecule has 2 aromatic rings. The lowest BCUT2D eigenvalue weighted by Crippen LogP contribution is -2.12. The van der Waals surface area contributed by atoms with Crippen molar-refractivity contribution in [2.24, 2.45) is 5.73 Å². The van der Waals surface area contributed by atoms with Gasteiger partial charge < -0.3 is 10.5 Å². The molecule has 0 saturated heterocycles. The van der Waals surface area contributed by atoms with Crippen LogP contribution in [0.2, 0.25) is 0 Å². The van der Waals surface area contributed by atoms with Crippen LogP contribution >= 0.6 is 27.3 Å². The smallest absolute Gasteiger partial charge is 0.262 e. The molecule has 3 N–H and O–H groups in total. The minimum Gasteiger partial charge on any atom is -0.495 e. The summed E-state index contributed by atoms with van der Waals surface area (Å²) in [6.07, 6.45) is 0. The van der Waals surface area contributed by atoms with Crippen LogP contribution in [-0.2, 0) is 16.6 Å². The molecule has 0 aliphatic carbocycles. The molecule has 0 spiro atoms. The number of thiophene rings is 1. The van der Waals surface area contributed by atoms with E-state index in [1.165, 1.54) is 18.4 Å². The van der Waals surface area contributed by atoms with Gasteiger partial charge in [0.1, 0.15) is 5.75 Å². The number of sulfonamides is 1. The predicted molar refractivity (Wildman–Crippen MR) is 83.7 cm³/mol. The van der Waals surface area contributed by atoms with Crippen molar-refractivity contribution in [2.45, 2.75) is 11.4 Å². The van der Waals surface area contributed by atoms with Crippen LogP contribution < -0.4 is 15.2 Å². The fourth-order valence-corrected chi connectivity index (χ4v) is 4.16. The predicted octanol–water partition coefficient (Wildman–Crippen LogP) is 2.78. The lowest BCUT2D eigenvalue weighted by molar-refractivity contribution is 0.412. The maximum absolute atomic E-state index is 12.2. The van der Waals surface area contributed by atoms with Crippen molar-refractivity contribution in [1.82, 2.24) is 0 Å². The van der Waals surface area contributed by atoms with Crippen molar-refractivity contribution in [3.63, 3.8) is 0 Å². The van der Waals surface area contributed by atoms with Crippen molar-refractivity contribution in [2.75, 3.05) is 11.8 Å². The van der Waals surface area contributed by atoms with E-state index >= 15 is 0 Å². The highest BCUT2D eigenvalue weighted by Crippen LogP contribution is 2.29. The second-order valence-corrected chi connectivity index (χ2v) is 7.44. The number of hydrogen-bond donors (Lipinski definition) is 2. The first kappa shape index (κ1) is 15.3. The van der Waals surface area contributed by atoms with E-state index in [0.29, 0.717) is 18.0 Å². The van der Waals surface area contributed by atoms with Crippen molar-refractivity contribution >= 4 is 43.0 Å². The first-order valence-corrected chi connectivity index (χ1v) is 8.75. The Labute approximate surface area is 129 Å². The Morgan fingerprint density at radius 2 is 2.15 bits per heavy atom. The molecule has 1 aromatic heterocycles. The molecule has 1 heterocycles. The molecule has 0 fully saturated rings. The van der Waals surface area contributed by atoms with Crippen LogP contribution in [0.5, 0.6) is 5.75 Å². The second-order valence-electron chi connectivity index (χ2n) is 3.91. The number of rotatable bonds is 5. The molecule has 0 atom stereocenters. The summed E-state index contributed by atoms with van der Waals surface area (Å²) >= 11 is 4.63. The van der Waals surface area contributed by atoms with Gasteiger partial charge in [-0.15, -0.1) is 11.3 Å². The van der Waals surface area contributed by atoms with Crippen molar-refractivity contribution in [3.05, 3.63) is 39.0 Å². The van der Waals surface area contributed by atoms with Crippen LogP contribution in [0, 0.1) is 0 Å². The number of nitrogens with two attached hydrogens (primary N) is 1. The number of methoxy groups -OCH3 is 1. The Morgan fingerprint density at radius 3 is 2.75 bits per heavy atom. The summed E-state index contributed by atoms with van der Waals surface area (Å²) in [5, 5.41) is 1.57. The van der Waals surface area contributed by atoms with E-state index in [1.54, 1.807) is 29.6 Å². The largest absolute Gasteiger partial charge is 0.495 e. The van der Waals surface area contributed by atoms with Gasteiger partial charge in [0, 0.05) is 22.9 Å². The van der Waals surface area contributed by atoms with Gasteiger partial charge >= 0.3 is 0 Å². The first-order valence-electron chi connectivity index (χ1n) is 5.60. The minimum absolute atomic E-state index is 0.213. The molecule has 108 valence electrons. The monoisotopic (exact) mass is 376 g/mol. The molecule has 2 rings (SSSR count). The van der Waals surface area contributed by atoms with Crippen molar-refractivity contribution in [3.8, 4) is 5.75 Å². The zero-order chi connectivity index (χ0) is 14.8. The fourth-order valence-electron chi connectivity index (χ4n) is 1.55. The maximum Gasteiger partial charge on any atom is 0.262 e. The minimum atomic E-state index is -3.61. The first-order chi connectivity index (χ1) is 9.46. The summed E-state index contributed by atoms with van der Waals surface area (Å²) in [6.45, 7) is 0.326. The molecule has 0 aliphatic heterocycles. The Kier molecular flexibility index (Phi) is 4.69. The van der Waals surface area contributed by atoms with E-state index in [0.717, 1.165) is 9.35 Å². The Morgan fingerprint density at radius 1 is 1.40 bits per heavy atom. The van der Waals surface area contributed by atoms with Gasteiger partial charge in [0.2, 0.25) is 0 Å². The summed E-state index contributed by atoms with van der Waals surface area (Å²) in [4.78, 5) is 1.03. The quantitative estimate of drug-likeness (QED) is 0.840. The fraction of sp³-hybridized carbons (Fsp3) is 0.167. The normalized spacial score (nSPS) is 11.3. The molecule has 0 unspecified atom stereocenters. The highest BCUT2D eigenvalue weighted by molar-refractivity contribution is 9.10. The van der Waals surface area contributed by atoms with E-state index in [4.69, 9.17) is 10.5 Å². The standard InChI is InChI=1S/C12H13BrN2O3S2/c1-18-12-4-8(2-3-11(12)13)15-20(16,17)10-5-9(6-14)19-7-10/h2-5,7,15H,6,14H2,1H3. The van der Waals surface area contributed by atoms with Gasteiger partial charge in [-0.1, -0.05) is 0 Å². The molecule has 0 saturated carbocycles. The van der Waals surface area contributed by atoms with Gasteiger partial charge in [0.15, 0.2) is 0 Å². The van der Waals surface area contributed by atoms with E-state index in [-0.39, 0.29) is 4.90 Å². The van der Waals surface area contributed by atoms with E-state index in [9.17, 15) is 8.42 Å². The zero-order valence-corrected chi connectivity index (χ0v) is 13.8. The molecule has 20 heavy (non-hydrogen) atoms. The zero-order valence-electron chi connectivity index (χ0n) is 10.6. The van der Waals surface area contributed by atoms with Crippen LogP contribution in [0.4, 0.5) is 5.69 Å². The van der Waals surface area contributed by atoms with E-state index in [2.05, 4.69) is 20.7 Å².